The molecule has 1 N–H and O–H groups in total. The van der Waals surface area contributed by atoms with E-state index in [9.17, 15) is 14.9 Å². The van der Waals surface area contributed by atoms with Crippen molar-refractivity contribution in [3.63, 3.8) is 0 Å². The topological polar surface area (TPSA) is 96.6 Å². The number of aliphatic carboxylic acids is 1. The van der Waals surface area contributed by atoms with E-state index < -0.39 is 10.9 Å². The number of carboxylic acid groups (broad SMARTS) is 1. The molecule has 108 valence electrons. The number of anilines is 1. The minimum atomic E-state index is -0.850. The van der Waals surface area contributed by atoms with Crippen molar-refractivity contribution in [1.82, 2.24) is 4.98 Å². The highest BCUT2D eigenvalue weighted by Crippen LogP contribution is 2.36. The normalized spacial score (nSPS) is 18.3. The fraction of sp³-hybridized carbons (Fsp3) is 0.500. The molecule has 1 aliphatic rings. The van der Waals surface area contributed by atoms with Gasteiger partial charge in [0.15, 0.2) is 0 Å². The lowest BCUT2D eigenvalue weighted by molar-refractivity contribution is -0.385. The molecule has 0 aliphatic carbocycles. The fourth-order valence-electron chi connectivity index (χ4n) is 2.47. The van der Waals surface area contributed by atoms with Gasteiger partial charge in [0, 0.05) is 18.2 Å². The molecule has 0 aromatic carbocycles. The molecule has 2 rings (SSSR count). The Balaban J connectivity index is 2.35. The summed E-state index contributed by atoms with van der Waals surface area (Å²) in [7, 11) is 0. The standard InChI is InChI=1S/C12H14BrN3O4/c1-7-9(16(19)20)6-14-12(11(7)13)15-4-2-3-8(15)5-10(17)18/h6,8H,2-5H2,1H3,(H,17,18). The van der Waals surface area contributed by atoms with Gasteiger partial charge in [-0.15, -0.1) is 0 Å². The molecular weight excluding hydrogens is 330 g/mol. The van der Waals surface area contributed by atoms with Crippen LogP contribution in [0.3, 0.4) is 0 Å². The van der Waals surface area contributed by atoms with Crippen LogP contribution in [-0.4, -0.2) is 33.6 Å². The van der Waals surface area contributed by atoms with Gasteiger partial charge in [0.1, 0.15) is 12.0 Å². The third-order valence-electron chi connectivity index (χ3n) is 3.48. The van der Waals surface area contributed by atoms with Gasteiger partial charge in [-0.25, -0.2) is 4.98 Å². The van der Waals surface area contributed by atoms with Crippen LogP contribution in [0.5, 0.6) is 0 Å². The number of hydrogen-bond donors (Lipinski definition) is 1. The first-order valence-electron chi connectivity index (χ1n) is 6.19. The van der Waals surface area contributed by atoms with Gasteiger partial charge in [0.25, 0.3) is 5.69 Å². The molecule has 0 saturated carbocycles. The predicted octanol–water partition coefficient (Wildman–Crippen LogP) is 2.50. The highest BCUT2D eigenvalue weighted by molar-refractivity contribution is 9.10. The quantitative estimate of drug-likeness (QED) is 0.666. The van der Waals surface area contributed by atoms with E-state index in [0.29, 0.717) is 22.4 Å². The lowest BCUT2D eigenvalue weighted by Crippen LogP contribution is -2.32. The van der Waals surface area contributed by atoms with E-state index in [1.165, 1.54) is 6.20 Å². The molecule has 1 aliphatic heterocycles. The minimum absolute atomic E-state index is 0.0458. The van der Waals surface area contributed by atoms with E-state index in [1.807, 2.05) is 4.90 Å². The van der Waals surface area contributed by atoms with E-state index in [2.05, 4.69) is 20.9 Å². The van der Waals surface area contributed by atoms with E-state index in [1.54, 1.807) is 6.92 Å². The van der Waals surface area contributed by atoms with Gasteiger partial charge in [-0.3, -0.25) is 14.9 Å². The Bertz CT molecular complexity index is 564. The van der Waals surface area contributed by atoms with Crippen molar-refractivity contribution in [3.8, 4) is 0 Å². The lowest BCUT2D eigenvalue weighted by atomic mass is 10.1. The zero-order valence-electron chi connectivity index (χ0n) is 10.9. The van der Waals surface area contributed by atoms with Gasteiger partial charge in [0.2, 0.25) is 0 Å². The number of carboxylic acids is 1. The molecule has 1 aromatic rings. The van der Waals surface area contributed by atoms with Crippen molar-refractivity contribution in [2.24, 2.45) is 0 Å². The summed E-state index contributed by atoms with van der Waals surface area (Å²) in [6.07, 6.45) is 2.95. The molecule has 1 atom stereocenters. The highest BCUT2D eigenvalue weighted by Gasteiger charge is 2.30. The molecule has 1 saturated heterocycles. The van der Waals surface area contributed by atoms with Crippen LogP contribution in [0.15, 0.2) is 10.7 Å². The van der Waals surface area contributed by atoms with Gasteiger partial charge in [0.05, 0.1) is 15.8 Å². The van der Waals surface area contributed by atoms with Crippen LogP contribution >= 0.6 is 15.9 Å². The van der Waals surface area contributed by atoms with Crippen LogP contribution < -0.4 is 4.90 Å². The summed E-state index contributed by atoms with van der Waals surface area (Å²) < 4.78 is 0.559. The van der Waals surface area contributed by atoms with Crippen molar-refractivity contribution < 1.29 is 14.8 Å². The van der Waals surface area contributed by atoms with Gasteiger partial charge in [-0.1, -0.05) is 0 Å². The largest absolute Gasteiger partial charge is 0.481 e. The van der Waals surface area contributed by atoms with E-state index >= 15 is 0 Å². The summed E-state index contributed by atoms with van der Waals surface area (Å²) in [5, 5.41) is 19.8. The van der Waals surface area contributed by atoms with Gasteiger partial charge < -0.3 is 10.0 Å². The van der Waals surface area contributed by atoms with Crippen molar-refractivity contribution in [3.05, 3.63) is 26.3 Å². The molecule has 1 fully saturated rings. The number of aromatic nitrogens is 1. The molecule has 20 heavy (non-hydrogen) atoms. The Kier molecular flexibility index (Phi) is 4.22. The van der Waals surface area contributed by atoms with E-state index in [0.717, 1.165) is 12.8 Å². The Hall–Kier alpha value is -1.70. The summed E-state index contributed by atoms with van der Waals surface area (Å²) in [5.74, 6) is -0.270. The number of pyridine rings is 1. The maximum Gasteiger partial charge on any atom is 0.305 e. The molecule has 0 radical (unpaired) electrons. The second-order valence-electron chi connectivity index (χ2n) is 4.75. The van der Waals surface area contributed by atoms with Crippen LogP contribution in [0.1, 0.15) is 24.8 Å². The Labute approximate surface area is 123 Å². The summed E-state index contributed by atoms with van der Waals surface area (Å²) in [6.45, 7) is 2.36. The highest BCUT2D eigenvalue weighted by atomic mass is 79.9. The van der Waals surface area contributed by atoms with Crippen LogP contribution in [0.4, 0.5) is 11.5 Å². The second-order valence-corrected chi connectivity index (χ2v) is 5.54. The molecule has 8 heteroatoms. The van der Waals surface area contributed by atoms with E-state index in [-0.39, 0.29) is 18.2 Å². The van der Waals surface area contributed by atoms with Gasteiger partial charge >= 0.3 is 5.97 Å². The zero-order chi connectivity index (χ0) is 14.9. The number of rotatable bonds is 4. The third kappa shape index (κ3) is 2.74. The molecule has 0 spiro atoms. The number of nitrogens with zero attached hydrogens (tertiary/aromatic N) is 3. The fourth-order valence-corrected chi connectivity index (χ4v) is 3.00. The number of carbonyl (C=O) groups is 1. The Morgan fingerprint density at radius 3 is 3.00 bits per heavy atom. The van der Waals surface area contributed by atoms with E-state index in [4.69, 9.17) is 5.11 Å². The van der Waals surface area contributed by atoms with Crippen molar-refractivity contribution in [2.75, 3.05) is 11.4 Å². The number of nitro groups is 1. The van der Waals surface area contributed by atoms with Crippen LogP contribution in [0.2, 0.25) is 0 Å². The SMILES string of the molecule is Cc1c([N+](=O)[O-])cnc(N2CCCC2CC(=O)O)c1Br. The first kappa shape index (κ1) is 14.7. The smallest absolute Gasteiger partial charge is 0.305 e. The maximum atomic E-state index is 10.9. The van der Waals surface area contributed by atoms with Crippen LogP contribution in [0.25, 0.3) is 0 Å². The van der Waals surface area contributed by atoms with Crippen molar-refractivity contribution >= 4 is 33.4 Å². The molecule has 0 amide bonds. The summed E-state index contributed by atoms with van der Waals surface area (Å²) >= 11 is 3.35. The number of hydrogen-bond acceptors (Lipinski definition) is 5. The minimum Gasteiger partial charge on any atom is -0.481 e. The van der Waals surface area contributed by atoms with Crippen molar-refractivity contribution in [1.29, 1.82) is 0 Å². The maximum absolute atomic E-state index is 10.9. The Morgan fingerprint density at radius 2 is 2.40 bits per heavy atom. The molecule has 0 bridgehead atoms. The average Bonchev–Trinajstić information content (AvgIpc) is 2.79. The first-order chi connectivity index (χ1) is 9.41. The van der Waals surface area contributed by atoms with Gasteiger partial charge in [-0.2, -0.15) is 0 Å². The monoisotopic (exact) mass is 343 g/mol. The number of halogens is 1. The van der Waals surface area contributed by atoms with Crippen LogP contribution in [-0.2, 0) is 4.79 Å². The molecule has 1 unspecified atom stereocenters. The third-order valence-corrected chi connectivity index (χ3v) is 4.42. The summed E-state index contributed by atoms with van der Waals surface area (Å²) in [4.78, 5) is 27.3. The summed E-state index contributed by atoms with van der Waals surface area (Å²) in [5.41, 5.74) is 0.454. The lowest BCUT2D eigenvalue weighted by Gasteiger charge is -2.25. The molecule has 7 nitrogen and oxygen atoms in total. The van der Waals surface area contributed by atoms with Crippen molar-refractivity contribution in [2.45, 2.75) is 32.2 Å². The zero-order valence-corrected chi connectivity index (χ0v) is 12.5. The molecular formula is C12H14BrN3O4. The predicted molar refractivity (Wildman–Crippen MR) is 75.9 cm³/mol. The van der Waals surface area contributed by atoms with Gasteiger partial charge in [-0.05, 0) is 35.7 Å². The summed E-state index contributed by atoms with van der Waals surface area (Å²) in [6, 6.07) is -0.114. The average molecular weight is 344 g/mol. The second kappa shape index (κ2) is 5.74. The molecule has 2 heterocycles. The van der Waals surface area contributed by atoms with Crippen LogP contribution in [0, 0.1) is 17.0 Å². The Morgan fingerprint density at radius 1 is 1.70 bits per heavy atom. The molecule has 1 aromatic heterocycles. The first-order valence-corrected chi connectivity index (χ1v) is 6.99.